The van der Waals surface area contributed by atoms with E-state index >= 15 is 0 Å². The summed E-state index contributed by atoms with van der Waals surface area (Å²) in [5.74, 6) is 1.40. The molecule has 0 aromatic heterocycles. The zero-order valence-electron chi connectivity index (χ0n) is 12.2. The first-order chi connectivity index (χ1) is 9.11. The number of methoxy groups -OCH3 is 1. The number of aliphatic hydroxyl groups is 1. The van der Waals surface area contributed by atoms with E-state index in [1.54, 1.807) is 7.11 Å². The number of benzene rings is 1. The van der Waals surface area contributed by atoms with Crippen LogP contribution in [-0.4, -0.2) is 36.2 Å². The summed E-state index contributed by atoms with van der Waals surface area (Å²) in [7, 11) is 1.65. The molecule has 0 amide bonds. The van der Waals surface area contributed by atoms with Crippen LogP contribution in [0.15, 0.2) is 24.3 Å². The van der Waals surface area contributed by atoms with Crippen LogP contribution in [0, 0.1) is 5.92 Å². The normalized spacial score (nSPS) is 16.9. The molecule has 1 N–H and O–H groups in total. The predicted octanol–water partition coefficient (Wildman–Crippen LogP) is 2.85. The van der Waals surface area contributed by atoms with E-state index in [1.165, 1.54) is 12.8 Å². The lowest BCUT2D eigenvalue weighted by Gasteiger charge is -2.27. The van der Waals surface area contributed by atoms with Crippen LogP contribution in [0.25, 0.3) is 0 Å². The highest BCUT2D eigenvalue weighted by atomic mass is 16.5. The molecule has 0 radical (unpaired) electrons. The second-order valence-corrected chi connectivity index (χ2v) is 5.84. The SMILES string of the molecule is COc1ccccc1C(O)CN(CC(C)C)C1CC1. The van der Waals surface area contributed by atoms with Gasteiger partial charge in [-0.3, -0.25) is 4.90 Å². The number of para-hydroxylation sites is 1. The maximum Gasteiger partial charge on any atom is 0.124 e. The summed E-state index contributed by atoms with van der Waals surface area (Å²) in [5.41, 5.74) is 0.888. The van der Waals surface area contributed by atoms with Gasteiger partial charge in [0.15, 0.2) is 0 Å². The van der Waals surface area contributed by atoms with Crippen molar-refractivity contribution in [1.82, 2.24) is 4.90 Å². The second kappa shape index (κ2) is 6.40. The standard InChI is InChI=1S/C16H25NO2/c1-12(2)10-17(13-8-9-13)11-15(18)14-6-4-5-7-16(14)19-3/h4-7,12-13,15,18H,8-11H2,1-3H3. The molecule has 106 valence electrons. The van der Waals surface area contributed by atoms with Crippen molar-refractivity contribution in [3.8, 4) is 5.75 Å². The number of hydrogen-bond donors (Lipinski definition) is 1. The van der Waals surface area contributed by atoms with Crippen molar-refractivity contribution in [3.63, 3.8) is 0 Å². The van der Waals surface area contributed by atoms with E-state index in [4.69, 9.17) is 4.74 Å². The summed E-state index contributed by atoms with van der Waals surface area (Å²) in [5, 5.41) is 10.5. The molecule has 0 spiro atoms. The molecule has 1 fully saturated rings. The minimum atomic E-state index is -0.476. The highest BCUT2D eigenvalue weighted by Gasteiger charge is 2.31. The van der Waals surface area contributed by atoms with Crippen molar-refractivity contribution >= 4 is 0 Å². The van der Waals surface area contributed by atoms with Gasteiger partial charge < -0.3 is 9.84 Å². The molecule has 1 aliphatic carbocycles. The second-order valence-electron chi connectivity index (χ2n) is 5.84. The molecule has 1 unspecified atom stereocenters. The quantitative estimate of drug-likeness (QED) is 0.821. The maximum absolute atomic E-state index is 10.5. The van der Waals surface area contributed by atoms with Crippen molar-refractivity contribution < 1.29 is 9.84 Å². The molecule has 2 rings (SSSR count). The van der Waals surface area contributed by atoms with Gasteiger partial charge in [-0.15, -0.1) is 0 Å². The summed E-state index contributed by atoms with van der Waals surface area (Å²) in [6, 6.07) is 8.41. The number of hydrogen-bond acceptors (Lipinski definition) is 3. The van der Waals surface area contributed by atoms with Crippen LogP contribution in [0.4, 0.5) is 0 Å². The minimum absolute atomic E-state index is 0.476. The van der Waals surface area contributed by atoms with Crippen LogP contribution in [0.5, 0.6) is 5.75 Å². The Bertz CT molecular complexity index is 401. The summed E-state index contributed by atoms with van der Waals surface area (Å²) in [6.45, 7) is 6.20. The average Bonchev–Trinajstić information content (AvgIpc) is 3.21. The van der Waals surface area contributed by atoms with Gasteiger partial charge >= 0.3 is 0 Å². The van der Waals surface area contributed by atoms with Gasteiger partial charge in [0.05, 0.1) is 13.2 Å². The largest absolute Gasteiger partial charge is 0.496 e. The lowest BCUT2D eigenvalue weighted by molar-refractivity contribution is 0.0992. The number of ether oxygens (including phenoxy) is 1. The Morgan fingerprint density at radius 2 is 1.95 bits per heavy atom. The van der Waals surface area contributed by atoms with Crippen molar-refractivity contribution in [1.29, 1.82) is 0 Å². The average molecular weight is 263 g/mol. The Morgan fingerprint density at radius 3 is 2.53 bits per heavy atom. The lowest BCUT2D eigenvalue weighted by Crippen LogP contribution is -2.34. The molecule has 0 saturated heterocycles. The number of nitrogens with zero attached hydrogens (tertiary/aromatic N) is 1. The molecule has 3 heteroatoms. The van der Waals surface area contributed by atoms with E-state index < -0.39 is 6.10 Å². The van der Waals surface area contributed by atoms with E-state index in [0.29, 0.717) is 18.5 Å². The molecule has 1 aromatic carbocycles. The van der Waals surface area contributed by atoms with Gasteiger partial charge in [0, 0.05) is 24.7 Å². The fourth-order valence-electron chi connectivity index (χ4n) is 2.54. The van der Waals surface area contributed by atoms with Crippen LogP contribution in [0.3, 0.4) is 0 Å². The predicted molar refractivity (Wildman–Crippen MR) is 77.4 cm³/mol. The molecule has 19 heavy (non-hydrogen) atoms. The Balaban J connectivity index is 2.03. The molecule has 0 aliphatic heterocycles. The van der Waals surface area contributed by atoms with Crippen LogP contribution in [0.1, 0.15) is 38.4 Å². The minimum Gasteiger partial charge on any atom is -0.496 e. The van der Waals surface area contributed by atoms with Crippen LogP contribution >= 0.6 is 0 Å². The first-order valence-corrected chi connectivity index (χ1v) is 7.16. The fourth-order valence-corrected chi connectivity index (χ4v) is 2.54. The van der Waals surface area contributed by atoms with E-state index in [2.05, 4.69) is 18.7 Å². The van der Waals surface area contributed by atoms with Crippen molar-refractivity contribution in [2.24, 2.45) is 5.92 Å². The highest BCUT2D eigenvalue weighted by Crippen LogP contribution is 2.31. The van der Waals surface area contributed by atoms with Gasteiger partial charge in [-0.1, -0.05) is 32.0 Å². The third kappa shape index (κ3) is 3.95. The van der Waals surface area contributed by atoms with Gasteiger partial charge in [-0.25, -0.2) is 0 Å². The van der Waals surface area contributed by atoms with E-state index in [0.717, 1.165) is 17.9 Å². The molecule has 3 nitrogen and oxygen atoms in total. The third-order valence-electron chi connectivity index (χ3n) is 3.57. The zero-order chi connectivity index (χ0) is 13.8. The molecule has 0 heterocycles. The van der Waals surface area contributed by atoms with Crippen LogP contribution in [-0.2, 0) is 0 Å². The first-order valence-electron chi connectivity index (χ1n) is 7.16. The summed E-state index contributed by atoms with van der Waals surface area (Å²) in [6.07, 6.45) is 2.06. The maximum atomic E-state index is 10.5. The van der Waals surface area contributed by atoms with E-state index in [-0.39, 0.29) is 0 Å². The smallest absolute Gasteiger partial charge is 0.124 e. The van der Waals surface area contributed by atoms with Crippen molar-refractivity contribution in [2.75, 3.05) is 20.2 Å². The third-order valence-corrected chi connectivity index (χ3v) is 3.57. The van der Waals surface area contributed by atoms with Crippen LogP contribution in [0.2, 0.25) is 0 Å². The summed E-state index contributed by atoms with van der Waals surface area (Å²) >= 11 is 0. The molecular weight excluding hydrogens is 238 g/mol. The Labute approximate surface area is 116 Å². The summed E-state index contributed by atoms with van der Waals surface area (Å²) < 4.78 is 5.33. The highest BCUT2D eigenvalue weighted by molar-refractivity contribution is 5.35. The van der Waals surface area contributed by atoms with Gasteiger partial charge in [0.25, 0.3) is 0 Å². The monoisotopic (exact) mass is 263 g/mol. The topological polar surface area (TPSA) is 32.7 Å². The number of aliphatic hydroxyl groups excluding tert-OH is 1. The van der Waals surface area contributed by atoms with E-state index in [1.807, 2.05) is 24.3 Å². The molecule has 1 aromatic rings. The lowest BCUT2D eigenvalue weighted by atomic mass is 10.1. The molecule has 0 bridgehead atoms. The molecular formula is C16H25NO2. The van der Waals surface area contributed by atoms with Crippen molar-refractivity contribution in [3.05, 3.63) is 29.8 Å². The Morgan fingerprint density at radius 1 is 1.26 bits per heavy atom. The van der Waals surface area contributed by atoms with Crippen molar-refractivity contribution in [2.45, 2.75) is 38.8 Å². The van der Waals surface area contributed by atoms with Gasteiger partial charge in [-0.2, -0.15) is 0 Å². The fraction of sp³-hybridized carbons (Fsp3) is 0.625. The Hall–Kier alpha value is -1.06. The van der Waals surface area contributed by atoms with Gasteiger partial charge in [0.1, 0.15) is 5.75 Å². The summed E-state index contributed by atoms with van der Waals surface area (Å²) in [4.78, 5) is 2.42. The first kappa shape index (κ1) is 14.4. The van der Waals surface area contributed by atoms with Crippen LogP contribution < -0.4 is 4.74 Å². The van der Waals surface area contributed by atoms with E-state index in [9.17, 15) is 5.11 Å². The number of rotatable bonds is 7. The van der Waals surface area contributed by atoms with Gasteiger partial charge in [0.2, 0.25) is 0 Å². The molecule has 1 atom stereocenters. The molecule has 1 aliphatic rings. The molecule has 1 saturated carbocycles. The Kier molecular flexibility index (Phi) is 4.83. The zero-order valence-corrected chi connectivity index (χ0v) is 12.2. The van der Waals surface area contributed by atoms with Gasteiger partial charge in [-0.05, 0) is 24.8 Å².